The summed E-state index contributed by atoms with van der Waals surface area (Å²) in [4.78, 5) is 14.8. The first-order valence-electron chi connectivity index (χ1n) is 12.0. The Kier molecular flexibility index (Phi) is 4.25. The van der Waals surface area contributed by atoms with E-state index in [2.05, 4.69) is 64.9 Å². The Morgan fingerprint density at radius 3 is 2.40 bits per heavy atom. The van der Waals surface area contributed by atoms with Gasteiger partial charge in [0.25, 0.3) is 0 Å². The molecule has 5 nitrogen and oxygen atoms in total. The van der Waals surface area contributed by atoms with Crippen LogP contribution in [0.5, 0.6) is 5.75 Å². The third-order valence-electron chi connectivity index (χ3n) is 7.33. The summed E-state index contributed by atoms with van der Waals surface area (Å²) in [5.41, 5.74) is 5.90. The highest BCUT2D eigenvalue weighted by Gasteiger charge is 2.24. The van der Waals surface area contributed by atoms with E-state index in [-0.39, 0.29) is 5.63 Å². The maximum atomic E-state index is 12.6. The SMILES string of the molecule is CCn1c2ccccc2c2cc(N3COc4c(cc5c(oc(=O)c6ccccc65)c4C)C3)ccc21. The van der Waals surface area contributed by atoms with Crippen LogP contribution in [0.1, 0.15) is 18.1 Å². The molecule has 0 fully saturated rings. The number of rotatable bonds is 2. The van der Waals surface area contributed by atoms with Crippen LogP contribution in [0.3, 0.4) is 0 Å². The van der Waals surface area contributed by atoms with Crippen molar-refractivity contribution in [3.8, 4) is 5.75 Å². The molecule has 1 aliphatic rings. The molecule has 7 rings (SSSR count). The molecule has 6 aromatic rings. The second kappa shape index (κ2) is 7.37. The largest absolute Gasteiger partial charge is 0.472 e. The van der Waals surface area contributed by atoms with Gasteiger partial charge in [-0.15, -0.1) is 0 Å². The van der Waals surface area contributed by atoms with Gasteiger partial charge in [-0.2, -0.15) is 0 Å². The molecular formula is C30H24N2O3. The molecular weight excluding hydrogens is 436 g/mol. The lowest BCUT2D eigenvalue weighted by molar-refractivity contribution is 0.287. The Hall–Kier alpha value is -4.25. The number of nitrogens with zero attached hydrogens (tertiary/aromatic N) is 2. The van der Waals surface area contributed by atoms with Crippen LogP contribution in [-0.2, 0) is 13.1 Å². The maximum Gasteiger partial charge on any atom is 0.344 e. The maximum absolute atomic E-state index is 12.6. The highest BCUT2D eigenvalue weighted by atomic mass is 16.5. The Morgan fingerprint density at radius 2 is 1.57 bits per heavy atom. The molecule has 0 unspecified atom stereocenters. The molecule has 0 saturated heterocycles. The van der Waals surface area contributed by atoms with Crippen molar-refractivity contribution in [2.45, 2.75) is 26.9 Å². The van der Waals surface area contributed by atoms with Gasteiger partial charge < -0.3 is 18.6 Å². The quantitative estimate of drug-likeness (QED) is 0.212. The zero-order valence-corrected chi connectivity index (χ0v) is 19.7. The second-order valence-electron chi connectivity index (χ2n) is 9.24. The number of hydrogen-bond donors (Lipinski definition) is 0. The van der Waals surface area contributed by atoms with E-state index in [0.29, 0.717) is 17.7 Å². The highest BCUT2D eigenvalue weighted by molar-refractivity contribution is 6.09. The van der Waals surface area contributed by atoms with Crippen LogP contribution in [-0.4, -0.2) is 11.3 Å². The van der Waals surface area contributed by atoms with E-state index < -0.39 is 0 Å². The van der Waals surface area contributed by atoms with Crippen LogP contribution in [0, 0.1) is 6.92 Å². The Balaban J connectivity index is 1.37. The average molecular weight is 461 g/mol. The summed E-state index contributed by atoms with van der Waals surface area (Å²) in [6.45, 7) is 6.25. The molecule has 0 aliphatic carbocycles. The molecule has 3 heterocycles. The van der Waals surface area contributed by atoms with E-state index in [0.717, 1.165) is 46.4 Å². The van der Waals surface area contributed by atoms with E-state index in [1.54, 1.807) is 0 Å². The fraction of sp³-hybridized carbons (Fsp3) is 0.167. The standard InChI is InChI=1S/C30H24N2O3/c1-3-32-26-11-7-6-9-22(26)24-15-20(12-13-27(24)32)31-16-19-14-25-21-8-4-5-10-23(21)30(33)35-29(25)18(2)28(19)34-17-31/h4-15H,3,16-17H2,1-2H3. The zero-order valence-electron chi connectivity index (χ0n) is 19.7. The zero-order chi connectivity index (χ0) is 23.7. The first-order chi connectivity index (χ1) is 17.1. The molecule has 1 aliphatic heterocycles. The van der Waals surface area contributed by atoms with Crippen molar-refractivity contribution in [2.24, 2.45) is 0 Å². The minimum Gasteiger partial charge on any atom is -0.472 e. The average Bonchev–Trinajstić information content (AvgIpc) is 3.22. The number of hydrogen-bond acceptors (Lipinski definition) is 4. The fourth-order valence-electron chi connectivity index (χ4n) is 5.68. The summed E-state index contributed by atoms with van der Waals surface area (Å²) in [7, 11) is 0. The van der Waals surface area contributed by atoms with Crippen molar-refractivity contribution in [1.82, 2.24) is 4.57 Å². The summed E-state index contributed by atoms with van der Waals surface area (Å²) in [5.74, 6) is 0.816. The number of ether oxygens (including phenoxy) is 1. The molecule has 2 aromatic heterocycles. The Morgan fingerprint density at radius 1 is 0.829 bits per heavy atom. The van der Waals surface area contributed by atoms with Crippen molar-refractivity contribution in [1.29, 1.82) is 0 Å². The van der Waals surface area contributed by atoms with E-state index in [1.165, 1.54) is 21.8 Å². The number of benzene rings is 4. The summed E-state index contributed by atoms with van der Waals surface area (Å²) < 4.78 is 14.4. The molecule has 4 aromatic carbocycles. The molecule has 0 radical (unpaired) electrons. The van der Waals surface area contributed by atoms with Gasteiger partial charge in [0.15, 0.2) is 6.73 Å². The first-order valence-corrected chi connectivity index (χ1v) is 12.0. The molecule has 172 valence electrons. The van der Waals surface area contributed by atoms with Crippen molar-refractivity contribution < 1.29 is 9.15 Å². The monoisotopic (exact) mass is 460 g/mol. The molecule has 5 heteroatoms. The van der Waals surface area contributed by atoms with Crippen molar-refractivity contribution in [2.75, 3.05) is 11.6 Å². The predicted molar refractivity (Wildman–Crippen MR) is 142 cm³/mol. The van der Waals surface area contributed by atoms with Gasteiger partial charge in [-0.1, -0.05) is 36.4 Å². The van der Waals surface area contributed by atoms with Crippen LogP contribution in [0.25, 0.3) is 43.5 Å². The van der Waals surface area contributed by atoms with Crippen LogP contribution in [0.15, 0.2) is 82.0 Å². The smallest absolute Gasteiger partial charge is 0.344 e. The first kappa shape index (κ1) is 20.2. The predicted octanol–water partition coefficient (Wildman–Crippen LogP) is 6.74. The topological polar surface area (TPSA) is 47.6 Å². The number of para-hydroxylation sites is 1. The molecule has 0 saturated carbocycles. The van der Waals surface area contributed by atoms with Crippen molar-refractivity contribution in [3.05, 3.63) is 94.3 Å². The molecule has 0 N–H and O–H groups in total. The van der Waals surface area contributed by atoms with E-state index in [1.807, 2.05) is 31.2 Å². The second-order valence-corrected chi connectivity index (χ2v) is 9.24. The minimum atomic E-state index is -0.312. The van der Waals surface area contributed by atoms with Crippen LogP contribution >= 0.6 is 0 Å². The van der Waals surface area contributed by atoms with Gasteiger partial charge >= 0.3 is 5.63 Å². The number of aryl methyl sites for hydroxylation is 2. The van der Waals surface area contributed by atoms with Gasteiger partial charge in [-0.05, 0) is 55.6 Å². The van der Waals surface area contributed by atoms with Gasteiger partial charge in [0.1, 0.15) is 11.3 Å². The lowest BCUT2D eigenvalue weighted by Crippen LogP contribution is -2.32. The van der Waals surface area contributed by atoms with Crippen molar-refractivity contribution >= 4 is 49.2 Å². The highest BCUT2D eigenvalue weighted by Crippen LogP contribution is 2.39. The van der Waals surface area contributed by atoms with Gasteiger partial charge in [-0.3, -0.25) is 0 Å². The lowest BCUT2D eigenvalue weighted by atomic mass is 9.99. The Bertz CT molecular complexity index is 1860. The van der Waals surface area contributed by atoms with Gasteiger partial charge in [0.05, 0.1) is 5.39 Å². The van der Waals surface area contributed by atoms with Crippen LogP contribution in [0.2, 0.25) is 0 Å². The molecule has 0 bridgehead atoms. The van der Waals surface area contributed by atoms with Crippen molar-refractivity contribution in [3.63, 3.8) is 0 Å². The molecule has 0 spiro atoms. The summed E-state index contributed by atoms with van der Waals surface area (Å²) >= 11 is 0. The van der Waals surface area contributed by atoms with Gasteiger partial charge in [-0.25, -0.2) is 4.79 Å². The summed E-state index contributed by atoms with van der Waals surface area (Å²) in [5, 5.41) is 4.99. The van der Waals surface area contributed by atoms with E-state index >= 15 is 0 Å². The van der Waals surface area contributed by atoms with E-state index in [9.17, 15) is 4.79 Å². The lowest BCUT2D eigenvalue weighted by Gasteiger charge is -2.32. The normalized spacial score (nSPS) is 13.6. The minimum absolute atomic E-state index is 0.312. The third kappa shape index (κ3) is 2.84. The van der Waals surface area contributed by atoms with E-state index in [4.69, 9.17) is 9.15 Å². The number of anilines is 1. The molecule has 35 heavy (non-hydrogen) atoms. The van der Waals surface area contributed by atoms with Gasteiger partial charge in [0, 0.05) is 57.1 Å². The van der Waals surface area contributed by atoms with Crippen LogP contribution in [0.4, 0.5) is 5.69 Å². The third-order valence-corrected chi connectivity index (χ3v) is 7.33. The van der Waals surface area contributed by atoms with Gasteiger partial charge in [0.2, 0.25) is 0 Å². The molecule has 0 amide bonds. The molecule has 0 atom stereocenters. The summed E-state index contributed by atoms with van der Waals surface area (Å²) in [6.07, 6.45) is 0. The van der Waals surface area contributed by atoms with Crippen LogP contribution < -0.4 is 15.3 Å². The number of aromatic nitrogens is 1. The fourth-order valence-corrected chi connectivity index (χ4v) is 5.68. The Labute approximate surface area is 201 Å². The number of fused-ring (bicyclic) bond motifs is 7. The summed E-state index contributed by atoms with van der Waals surface area (Å²) in [6, 6.07) is 25.0.